The average Bonchev–Trinajstić information content (AvgIpc) is 3.60. The molecule has 0 saturated carbocycles. The van der Waals surface area contributed by atoms with Gasteiger partial charge in [0.1, 0.15) is 0 Å². The van der Waals surface area contributed by atoms with Crippen molar-refractivity contribution in [1.29, 1.82) is 0 Å². The van der Waals surface area contributed by atoms with Crippen LogP contribution >= 0.6 is 0 Å². The summed E-state index contributed by atoms with van der Waals surface area (Å²) in [6.07, 6.45) is 7.66. The molecule has 0 spiro atoms. The minimum Gasteiger partial charge on any atom is -0.478 e. The van der Waals surface area contributed by atoms with E-state index < -0.39 is 5.97 Å². The molecule has 4 aromatic rings. The second-order valence-corrected chi connectivity index (χ2v) is 7.91. The van der Waals surface area contributed by atoms with Gasteiger partial charge < -0.3 is 15.1 Å². The van der Waals surface area contributed by atoms with Gasteiger partial charge in [0.25, 0.3) is 0 Å². The van der Waals surface area contributed by atoms with Crippen molar-refractivity contribution < 1.29 is 27.0 Å². The summed E-state index contributed by atoms with van der Waals surface area (Å²) in [4.78, 5) is 28.4. The summed E-state index contributed by atoms with van der Waals surface area (Å²) in [5, 5.41) is 9.81. The first kappa shape index (κ1) is 21.6. The van der Waals surface area contributed by atoms with Crippen LogP contribution in [0.25, 0.3) is 57.5 Å². The summed E-state index contributed by atoms with van der Waals surface area (Å²) in [7, 11) is 0. The van der Waals surface area contributed by atoms with Crippen LogP contribution in [0.1, 0.15) is 33.1 Å². The number of benzene rings is 1. The molecule has 0 atom stereocenters. The number of hydrogen-bond acceptors (Lipinski definition) is 3. The number of hydrogen-bond donors (Lipinski definition) is 3. The fraction of sp³-hybridized carbons (Fsp3) is 0. The van der Waals surface area contributed by atoms with E-state index in [1.54, 1.807) is 18.2 Å². The Morgan fingerprint density at radius 2 is 1.18 bits per heavy atom. The Kier molecular flexibility index (Phi) is 5.49. The molecule has 0 aliphatic carbocycles. The Morgan fingerprint density at radius 1 is 0.676 bits per heavy atom. The van der Waals surface area contributed by atoms with Crippen LogP contribution in [0.2, 0.25) is 0 Å². The van der Waals surface area contributed by atoms with Crippen LogP contribution in [0.3, 0.4) is 0 Å². The summed E-state index contributed by atoms with van der Waals surface area (Å²) in [6.45, 7) is 0. The predicted octanol–water partition coefficient (Wildman–Crippen LogP) is 6.02. The van der Waals surface area contributed by atoms with Crippen molar-refractivity contribution in [2.24, 2.45) is 0 Å². The third-order valence-electron chi connectivity index (χ3n) is 5.64. The molecule has 6 rings (SSSR count). The van der Waals surface area contributed by atoms with Gasteiger partial charge in [-0.25, -0.2) is 14.8 Å². The minimum atomic E-state index is -0.990. The van der Waals surface area contributed by atoms with Crippen molar-refractivity contribution in [3.63, 3.8) is 0 Å². The van der Waals surface area contributed by atoms with Gasteiger partial charge in [0, 0.05) is 50.3 Å². The van der Waals surface area contributed by atoms with Crippen LogP contribution in [-0.4, -0.2) is 31.0 Å². The number of carbonyl (C=O) groups is 1. The molecule has 3 aromatic heterocycles. The van der Waals surface area contributed by atoms with Crippen molar-refractivity contribution in [2.75, 3.05) is 0 Å². The van der Waals surface area contributed by atoms with E-state index in [0.29, 0.717) is 22.5 Å². The molecule has 8 bridgehead atoms. The van der Waals surface area contributed by atoms with Crippen LogP contribution in [0.4, 0.5) is 0 Å². The monoisotopic (exact) mass is 485 g/mol. The van der Waals surface area contributed by atoms with Crippen molar-refractivity contribution in [3.8, 4) is 11.1 Å². The molecule has 165 valence electrons. The fourth-order valence-corrected chi connectivity index (χ4v) is 4.17. The quantitative estimate of drug-likeness (QED) is 0.262. The van der Waals surface area contributed by atoms with E-state index in [-0.39, 0.29) is 22.6 Å². The van der Waals surface area contributed by atoms with E-state index in [9.17, 15) is 9.90 Å². The number of aromatic amines is 2. The maximum Gasteiger partial charge on any atom is 0.336 e. The van der Waals surface area contributed by atoms with Crippen LogP contribution in [0.15, 0.2) is 66.7 Å². The van der Waals surface area contributed by atoms with E-state index in [0.717, 1.165) is 33.5 Å². The number of carboxylic acids is 1. The standard InChI is InChI=1S/C27H18N4O2.Mn/c32-27(33)23-4-2-1-3-22(23)26-24-11-9-20(30-24)14-18-7-5-16(28-18)13-17-6-8-19(29-17)15-21-10-12-25(26)31-21;/h1-15,28-29H,(H,32,33);. The first-order valence-electron chi connectivity index (χ1n) is 10.5. The van der Waals surface area contributed by atoms with E-state index in [1.807, 2.05) is 72.8 Å². The molecule has 5 heterocycles. The van der Waals surface area contributed by atoms with Gasteiger partial charge in [-0.05, 0) is 72.8 Å². The Morgan fingerprint density at radius 3 is 1.71 bits per heavy atom. The molecule has 0 unspecified atom stereocenters. The number of carboxylic acid groups (broad SMARTS) is 1. The number of aromatic nitrogens is 4. The molecule has 2 aliphatic rings. The van der Waals surface area contributed by atoms with Gasteiger partial charge in [-0.15, -0.1) is 0 Å². The third-order valence-corrected chi connectivity index (χ3v) is 5.64. The zero-order valence-corrected chi connectivity index (χ0v) is 19.0. The summed E-state index contributed by atoms with van der Waals surface area (Å²) >= 11 is 0. The van der Waals surface area contributed by atoms with E-state index in [4.69, 9.17) is 9.97 Å². The molecule has 1 radical (unpaired) electrons. The Labute approximate surface area is 205 Å². The Bertz CT molecular complexity index is 1570. The molecule has 6 nitrogen and oxygen atoms in total. The number of nitrogens with one attached hydrogen (secondary N) is 2. The van der Waals surface area contributed by atoms with Gasteiger partial charge in [-0.3, -0.25) is 0 Å². The largest absolute Gasteiger partial charge is 0.478 e. The SMILES string of the molecule is O=C(O)c1ccccc1-c1c2nc(cc3ccc(cc4ccc(cc5nc1C=C5)[nH]4)[nH]3)C=C2.[Mn]. The number of aromatic carboxylic acids is 1. The van der Waals surface area contributed by atoms with Crippen molar-refractivity contribution in [1.82, 2.24) is 19.9 Å². The van der Waals surface area contributed by atoms with Crippen LogP contribution < -0.4 is 0 Å². The van der Waals surface area contributed by atoms with Gasteiger partial charge in [0.15, 0.2) is 0 Å². The zero-order chi connectivity index (χ0) is 22.4. The molecule has 3 N–H and O–H groups in total. The average molecular weight is 485 g/mol. The summed E-state index contributed by atoms with van der Waals surface area (Å²) in [5.74, 6) is -0.990. The molecule has 34 heavy (non-hydrogen) atoms. The maximum absolute atomic E-state index is 12.0. The van der Waals surface area contributed by atoms with E-state index in [2.05, 4.69) is 9.97 Å². The third kappa shape index (κ3) is 3.99. The van der Waals surface area contributed by atoms with Crippen LogP contribution in [0, 0.1) is 0 Å². The predicted molar refractivity (Wildman–Crippen MR) is 131 cm³/mol. The molecular weight excluding hydrogens is 467 g/mol. The molecule has 0 fully saturated rings. The number of rotatable bonds is 2. The van der Waals surface area contributed by atoms with Crippen LogP contribution in [-0.2, 0) is 17.1 Å². The summed E-state index contributed by atoms with van der Waals surface area (Å²) < 4.78 is 0. The normalized spacial score (nSPS) is 11.9. The topological polar surface area (TPSA) is 94.7 Å². The van der Waals surface area contributed by atoms with Crippen molar-refractivity contribution in [2.45, 2.75) is 0 Å². The van der Waals surface area contributed by atoms with Gasteiger partial charge in [0.05, 0.1) is 28.3 Å². The zero-order valence-electron chi connectivity index (χ0n) is 17.8. The molecule has 0 saturated heterocycles. The van der Waals surface area contributed by atoms with Crippen molar-refractivity contribution in [3.05, 3.63) is 95.1 Å². The fourth-order valence-electron chi connectivity index (χ4n) is 4.17. The second kappa shape index (κ2) is 8.63. The summed E-state index contributed by atoms with van der Waals surface area (Å²) in [6, 6.07) is 21.0. The Balaban J connectivity index is 0.00000241. The first-order chi connectivity index (χ1) is 16.1. The van der Waals surface area contributed by atoms with Gasteiger partial charge >= 0.3 is 5.97 Å². The summed E-state index contributed by atoms with van der Waals surface area (Å²) in [5.41, 5.74) is 8.19. The minimum absolute atomic E-state index is 0. The van der Waals surface area contributed by atoms with Crippen LogP contribution in [0.5, 0.6) is 0 Å². The molecule has 7 heteroatoms. The smallest absolute Gasteiger partial charge is 0.336 e. The van der Waals surface area contributed by atoms with E-state index >= 15 is 0 Å². The molecular formula is C27H18MnN4O2. The van der Waals surface area contributed by atoms with Crippen molar-refractivity contribution >= 4 is 52.3 Å². The number of H-pyrrole nitrogens is 2. The number of nitrogens with zero attached hydrogens (tertiary/aromatic N) is 2. The van der Waals surface area contributed by atoms with Gasteiger partial charge in [-0.1, -0.05) is 18.2 Å². The van der Waals surface area contributed by atoms with Gasteiger partial charge in [-0.2, -0.15) is 0 Å². The number of fused-ring (bicyclic) bond motifs is 8. The molecule has 0 amide bonds. The second-order valence-electron chi connectivity index (χ2n) is 7.91. The molecule has 2 aliphatic heterocycles. The van der Waals surface area contributed by atoms with Gasteiger partial charge in [0.2, 0.25) is 0 Å². The van der Waals surface area contributed by atoms with E-state index in [1.165, 1.54) is 0 Å². The first-order valence-corrected chi connectivity index (χ1v) is 10.5. The maximum atomic E-state index is 12.0. The molecule has 1 aromatic carbocycles. The Hall–Kier alpha value is -4.19.